The van der Waals surface area contributed by atoms with Crippen molar-refractivity contribution in [1.29, 1.82) is 0 Å². The standard InChI is InChI=1S/C7H18NO3P/c1-2-11-5-7-12(9,10)6-3-4-8/h2-8H2,1H3,(H,9,10). The van der Waals surface area contributed by atoms with Gasteiger partial charge in [0.15, 0.2) is 0 Å². The predicted octanol–water partition coefficient (Wildman–Crippen LogP) is 0.642. The molecule has 0 aliphatic heterocycles. The fourth-order valence-electron chi connectivity index (χ4n) is 0.802. The van der Waals surface area contributed by atoms with Crippen LogP contribution in [0.25, 0.3) is 0 Å². The predicted molar refractivity (Wildman–Crippen MR) is 49.7 cm³/mol. The van der Waals surface area contributed by atoms with Crippen molar-refractivity contribution < 1.29 is 14.2 Å². The van der Waals surface area contributed by atoms with Crippen LogP contribution in [0.5, 0.6) is 0 Å². The Hall–Kier alpha value is 0.110. The van der Waals surface area contributed by atoms with Crippen molar-refractivity contribution in [2.24, 2.45) is 5.73 Å². The molecule has 0 aromatic carbocycles. The van der Waals surface area contributed by atoms with E-state index in [4.69, 9.17) is 10.5 Å². The van der Waals surface area contributed by atoms with Crippen LogP contribution >= 0.6 is 7.37 Å². The second-order valence-corrected chi connectivity index (χ2v) is 5.22. The van der Waals surface area contributed by atoms with E-state index in [0.29, 0.717) is 32.3 Å². The summed E-state index contributed by atoms with van der Waals surface area (Å²) in [4.78, 5) is 9.29. The molecule has 0 amide bonds. The van der Waals surface area contributed by atoms with Gasteiger partial charge >= 0.3 is 0 Å². The number of nitrogens with two attached hydrogens (primary N) is 1. The molecule has 5 heteroatoms. The van der Waals surface area contributed by atoms with Crippen molar-refractivity contribution in [3.63, 3.8) is 0 Å². The van der Waals surface area contributed by atoms with Crippen LogP contribution in [0.4, 0.5) is 0 Å². The Labute approximate surface area is 73.6 Å². The van der Waals surface area contributed by atoms with Crippen LogP contribution in [0.3, 0.4) is 0 Å². The van der Waals surface area contributed by atoms with Crippen molar-refractivity contribution in [2.45, 2.75) is 13.3 Å². The van der Waals surface area contributed by atoms with Gasteiger partial charge in [0.25, 0.3) is 0 Å². The van der Waals surface area contributed by atoms with Gasteiger partial charge in [-0.25, -0.2) is 0 Å². The molecule has 0 saturated carbocycles. The third-order valence-electron chi connectivity index (χ3n) is 1.50. The van der Waals surface area contributed by atoms with Crippen LogP contribution in [-0.2, 0) is 9.30 Å². The highest BCUT2D eigenvalue weighted by atomic mass is 31.2. The Kier molecular flexibility index (Phi) is 6.67. The average Bonchev–Trinajstić information content (AvgIpc) is 2.01. The molecule has 0 aromatic heterocycles. The third-order valence-corrected chi connectivity index (χ3v) is 3.40. The van der Waals surface area contributed by atoms with Crippen molar-refractivity contribution in [3.05, 3.63) is 0 Å². The molecular formula is C7H18NO3P. The highest BCUT2D eigenvalue weighted by Gasteiger charge is 2.16. The minimum atomic E-state index is -2.94. The van der Waals surface area contributed by atoms with Crippen LogP contribution in [0, 0.1) is 0 Å². The summed E-state index contributed by atoms with van der Waals surface area (Å²) in [6.07, 6.45) is 1.18. The number of rotatable bonds is 7. The van der Waals surface area contributed by atoms with Gasteiger partial charge in [-0.15, -0.1) is 0 Å². The molecule has 0 rings (SSSR count). The molecular weight excluding hydrogens is 177 g/mol. The summed E-state index contributed by atoms with van der Waals surface area (Å²) >= 11 is 0. The van der Waals surface area contributed by atoms with E-state index in [2.05, 4.69) is 0 Å². The van der Waals surface area contributed by atoms with Gasteiger partial charge < -0.3 is 15.4 Å². The van der Waals surface area contributed by atoms with Gasteiger partial charge in [-0.2, -0.15) is 0 Å². The molecule has 0 spiro atoms. The molecule has 0 radical (unpaired) electrons. The highest BCUT2D eigenvalue weighted by molar-refractivity contribution is 7.58. The molecule has 74 valence electrons. The normalized spacial score (nSPS) is 15.9. The van der Waals surface area contributed by atoms with Crippen LogP contribution in [-0.4, -0.2) is 37.0 Å². The Morgan fingerprint density at radius 3 is 2.67 bits per heavy atom. The molecule has 0 heterocycles. The second kappa shape index (κ2) is 6.61. The lowest BCUT2D eigenvalue weighted by molar-refractivity contribution is 0.162. The van der Waals surface area contributed by atoms with E-state index in [1.807, 2.05) is 6.92 Å². The molecule has 0 fully saturated rings. The first kappa shape index (κ1) is 12.1. The summed E-state index contributed by atoms with van der Waals surface area (Å²) in [6, 6.07) is 0. The summed E-state index contributed by atoms with van der Waals surface area (Å²) in [7, 11) is -2.94. The maximum Gasteiger partial charge on any atom is 0.202 e. The number of ether oxygens (including phenoxy) is 1. The van der Waals surface area contributed by atoms with Crippen LogP contribution in [0.15, 0.2) is 0 Å². The molecule has 1 unspecified atom stereocenters. The van der Waals surface area contributed by atoms with Gasteiger partial charge in [-0.1, -0.05) is 0 Å². The molecule has 4 nitrogen and oxygen atoms in total. The molecule has 0 saturated heterocycles. The third kappa shape index (κ3) is 6.80. The zero-order chi connectivity index (χ0) is 9.45. The molecule has 0 aliphatic carbocycles. The first-order valence-electron chi connectivity index (χ1n) is 4.21. The summed E-state index contributed by atoms with van der Waals surface area (Å²) in [5.41, 5.74) is 5.23. The Bertz CT molecular complexity index is 152. The zero-order valence-corrected chi connectivity index (χ0v) is 8.43. The quantitative estimate of drug-likeness (QED) is 0.462. The number of hydrogen-bond acceptors (Lipinski definition) is 3. The largest absolute Gasteiger partial charge is 0.381 e. The fraction of sp³-hybridized carbons (Fsp3) is 1.00. The van der Waals surface area contributed by atoms with E-state index in [1.54, 1.807) is 0 Å². The maximum absolute atomic E-state index is 11.3. The SMILES string of the molecule is CCOCCP(=O)(O)CCCN. The van der Waals surface area contributed by atoms with Gasteiger partial charge in [0, 0.05) is 18.9 Å². The first-order chi connectivity index (χ1) is 5.62. The lowest BCUT2D eigenvalue weighted by Crippen LogP contribution is -2.06. The Balaban J connectivity index is 3.49. The molecule has 1 atom stereocenters. The first-order valence-corrected chi connectivity index (χ1v) is 6.24. The van der Waals surface area contributed by atoms with E-state index >= 15 is 0 Å². The average molecular weight is 195 g/mol. The van der Waals surface area contributed by atoms with Crippen LogP contribution in [0.2, 0.25) is 0 Å². The van der Waals surface area contributed by atoms with Crippen LogP contribution < -0.4 is 5.73 Å². The highest BCUT2D eigenvalue weighted by Crippen LogP contribution is 2.40. The summed E-state index contributed by atoms with van der Waals surface area (Å²) in [5, 5.41) is 0. The molecule has 12 heavy (non-hydrogen) atoms. The Morgan fingerprint density at radius 1 is 1.50 bits per heavy atom. The minimum absolute atomic E-state index is 0.251. The zero-order valence-electron chi connectivity index (χ0n) is 7.53. The molecule has 0 bridgehead atoms. The second-order valence-electron chi connectivity index (χ2n) is 2.63. The summed E-state index contributed by atoms with van der Waals surface area (Å²) in [5.74, 6) is 0. The monoisotopic (exact) mass is 195 g/mol. The maximum atomic E-state index is 11.3. The molecule has 0 aliphatic rings. The van der Waals surface area contributed by atoms with Gasteiger partial charge in [0.1, 0.15) is 0 Å². The minimum Gasteiger partial charge on any atom is -0.381 e. The van der Waals surface area contributed by atoms with Gasteiger partial charge in [-0.05, 0) is 19.9 Å². The molecule has 3 N–H and O–H groups in total. The summed E-state index contributed by atoms with van der Waals surface area (Å²) in [6.45, 7) is 3.30. The fourth-order valence-corrected chi connectivity index (χ4v) is 2.12. The lowest BCUT2D eigenvalue weighted by Gasteiger charge is -2.10. The van der Waals surface area contributed by atoms with Crippen LogP contribution in [0.1, 0.15) is 13.3 Å². The van der Waals surface area contributed by atoms with Crippen molar-refractivity contribution in [1.82, 2.24) is 0 Å². The van der Waals surface area contributed by atoms with E-state index in [0.717, 1.165) is 0 Å². The smallest absolute Gasteiger partial charge is 0.202 e. The van der Waals surface area contributed by atoms with Gasteiger partial charge in [0.05, 0.1) is 6.61 Å². The van der Waals surface area contributed by atoms with E-state index in [1.165, 1.54) is 0 Å². The van der Waals surface area contributed by atoms with Crippen molar-refractivity contribution in [3.8, 4) is 0 Å². The van der Waals surface area contributed by atoms with E-state index < -0.39 is 7.37 Å². The van der Waals surface area contributed by atoms with Gasteiger partial charge in [0.2, 0.25) is 7.37 Å². The molecule has 0 aromatic rings. The number of hydrogen-bond donors (Lipinski definition) is 2. The van der Waals surface area contributed by atoms with E-state index in [-0.39, 0.29) is 6.16 Å². The Morgan fingerprint density at radius 2 is 2.17 bits per heavy atom. The van der Waals surface area contributed by atoms with Crippen molar-refractivity contribution in [2.75, 3.05) is 32.1 Å². The topological polar surface area (TPSA) is 72.5 Å². The summed E-state index contributed by atoms with van der Waals surface area (Å²) < 4.78 is 16.3. The van der Waals surface area contributed by atoms with Crippen molar-refractivity contribution >= 4 is 7.37 Å². The lowest BCUT2D eigenvalue weighted by atomic mass is 10.5. The van der Waals surface area contributed by atoms with E-state index in [9.17, 15) is 9.46 Å². The van der Waals surface area contributed by atoms with Gasteiger partial charge in [-0.3, -0.25) is 4.57 Å².